The molecular formula is C28H28F3N5O2S. The van der Waals surface area contributed by atoms with E-state index in [2.05, 4.69) is 9.97 Å². The van der Waals surface area contributed by atoms with Gasteiger partial charge >= 0.3 is 6.18 Å². The van der Waals surface area contributed by atoms with Gasteiger partial charge in [0.25, 0.3) is 5.91 Å². The average molecular weight is 556 g/mol. The molecule has 204 valence electrons. The van der Waals surface area contributed by atoms with Crippen LogP contribution in [-0.2, 0) is 10.9 Å². The smallest absolute Gasteiger partial charge is 0.397 e. The van der Waals surface area contributed by atoms with E-state index in [0.717, 1.165) is 48.6 Å². The van der Waals surface area contributed by atoms with Gasteiger partial charge in [-0.15, -0.1) is 11.3 Å². The van der Waals surface area contributed by atoms with E-state index in [1.165, 1.54) is 0 Å². The fourth-order valence-electron chi connectivity index (χ4n) is 5.67. The van der Waals surface area contributed by atoms with Crippen LogP contribution in [0.1, 0.15) is 63.5 Å². The van der Waals surface area contributed by atoms with Crippen LogP contribution in [0, 0.1) is 0 Å². The number of imidazole rings is 1. The van der Waals surface area contributed by atoms with Crippen molar-refractivity contribution in [3.63, 3.8) is 0 Å². The number of carbonyl (C=O) groups excluding carboxylic acids is 1. The summed E-state index contributed by atoms with van der Waals surface area (Å²) in [6.07, 6.45) is 0.347. The third kappa shape index (κ3) is 4.89. The van der Waals surface area contributed by atoms with Crippen molar-refractivity contribution >= 4 is 34.1 Å². The van der Waals surface area contributed by atoms with Gasteiger partial charge in [-0.3, -0.25) is 4.79 Å². The molecule has 6 rings (SSSR count). The number of aromatic nitrogens is 3. The van der Waals surface area contributed by atoms with E-state index in [0.29, 0.717) is 48.7 Å². The zero-order chi connectivity index (χ0) is 27.1. The average Bonchev–Trinajstić information content (AvgIpc) is 3.55. The number of ether oxygens (including phenoxy) is 1. The Morgan fingerprint density at radius 2 is 1.77 bits per heavy atom. The summed E-state index contributed by atoms with van der Waals surface area (Å²) < 4.78 is 47.3. The number of benzene rings is 1. The normalized spacial score (nSPS) is 17.7. The lowest BCUT2D eigenvalue weighted by molar-refractivity contribution is -0.133. The zero-order valence-electron chi connectivity index (χ0n) is 21.1. The fourth-order valence-corrected chi connectivity index (χ4v) is 6.75. The van der Waals surface area contributed by atoms with Crippen molar-refractivity contribution < 1.29 is 22.7 Å². The molecule has 1 aromatic carbocycles. The molecule has 2 saturated heterocycles. The molecule has 4 aromatic rings. The Kier molecular flexibility index (Phi) is 6.80. The lowest BCUT2D eigenvalue weighted by Gasteiger charge is -2.32. The van der Waals surface area contributed by atoms with Crippen molar-refractivity contribution in [3.05, 3.63) is 63.7 Å². The Morgan fingerprint density at radius 3 is 2.46 bits per heavy atom. The number of H-pyrrole nitrogens is 1. The number of halogens is 3. The zero-order valence-corrected chi connectivity index (χ0v) is 21.9. The summed E-state index contributed by atoms with van der Waals surface area (Å²) in [6, 6.07) is 10.2. The Labute approximate surface area is 227 Å². The highest BCUT2D eigenvalue weighted by Gasteiger charge is 2.40. The highest BCUT2D eigenvalue weighted by molar-refractivity contribution is 7.15. The van der Waals surface area contributed by atoms with Crippen LogP contribution in [0.2, 0.25) is 0 Å². The number of alkyl halides is 3. The Hall–Kier alpha value is -3.44. The van der Waals surface area contributed by atoms with Crippen LogP contribution in [0.25, 0.3) is 22.3 Å². The predicted molar refractivity (Wildman–Crippen MR) is 144 cm³/mol. The molecule has 0 unspecified atom stereocenters. The Morgan fingerprint density at radius 1 is 1.05 bits per heavy atom. The number of hydrogen-bond donors (Lipinski definition) is 2. The van der Waals surface area contributed by atoms with Crippen molar-refractivity contribution in [3.8, 4) is 11.1 Å². The summed E-state index contributed by atoms with van der Waals surface area (Å²) in [5.41, 5.74) is 9.03. The highest BCUT2D eigenvalue weighted by Crippen LogP contribution is 2.48. The summed E-state index contributed by atoms with van der Waals surface area (Å²) in [6.45, 7) is 2.29. The van der Waals surface area contributed by atoms with Gasteiger partial charge in [0, 0.05) is 44.0 Å². The van der Waals surface area contributed by atoms with Crippen LogP contribution in [-0.4, -0.2) is 52.1 Å². The predicted octanol–water partition coefficient (Wildman–Crippen LogP) is 6.20. The van der Waals surface area contributed by atoms with E-state index in [1.807, 2.05) is 6.07 Å². The maximum atomic E-state index is 13.9. The molecule has 1 amide bonds. The van der Waals surface area contributed by atoms with Crippen molar-refractivity contribution in [1.82, 2.24) is 19.9 Å². The van der Waals surface area contributed by atoms with Crippen LogP contribution >= 0.6 is 11.3 Å². The van der Waals surface area contributed by atoms with E-state index >= 15 is 0 Å². The minimum Gasteiger partial charge on any atom is -0.397 e. The molecule has 11 heteroatoms. The SMILES string of the molecule is Nc1c(C(=O)N2CCC(c3ccnc4[nH]c(C5CCOCC5)nc34)CC2)sc(C(F)(F)F)c1-c1ccccc1. The number of amides is 1. The number of hydrogen-bond acceptors (Lipinski definition) is 6. The maximum Gasteiger partial charge on any atom is 0.426 e. The largest absolute Gasteiger partial charge is 0.426 e. The quantitative estimate of drug-likeness (QED) is 0.313. The van der Waals surface area contributed by atoms with Gasteiger partial charge in [0.15, 0.2) is 5.65 Å². The van der Waals surface area contributed by atoms with Crippen LogP contribution < -0.4 is 5.73 Å². The molecule has 0 aliphatic carbocycles. The first-order valence-electron chi connectivity index (χ1n) is 13.1. The van der Waals surface area contributed by atoms with E-state index in [1.54, 1.807) is 41.4 Å². The molecule has 39 heavy (non-hydrogen) atoms. The number of nitrogen functional groups attached to an aromatic ring is 1. The van der Waals surface area contributed by atoms with Crippen molar-refractivity contribution in [2.75, 3.05) is 32.0 Å². The number of piperidine rings is 1. The number of nitrogens with two attached hydrogens (primary N) is 1. The lowest BCUT2D eigenvalue weighted by Crippen LogP contribution is -2.37. The summed E-state index contributed by atoms with van der Waals surface area (Å²) in [4.78, 5) is 26.9. The number of rotatable bonds is 4. The van der Waals surface area contributed by atoms with Gasteiger partial charge in [0.2, 0.25) is 0 Å². The van der Waals surface area contributed by atoms with Gasteiger partial charge < -0.3 is 20.4 Å². The molecular weight excluding hydrogens is 527 g/mol. The van der Waals surface area contributed by atoms with E-state index < -0.39 is 17.0 Å². The van der Waals surface area contributed by atoms with Gasteiger partial charge in [-0.1, -0.05) is 30.3 Å². The lowest BCUT2D eigenvalue weighted by atomic mass is 9.89. The van der Waals surface area contributed by atoms with Gasteiger partial charge in [0.05, 0.1) is 5.69 Å². The molecule has 0 bridgehead atoms. The molecule has 0 spiro atoms. The van der Waals surface area contributed by atoms with Crippen molar-refractivity contribution in [1.29, 1.82) is 0 Å². The monoisotopic (exact) mass is 555 g/mol. The third-order valence-corrected chi connectivity index (χ3v) is 8.96. The number of nitrogens with zero attached hydrogens (tertiary/aromatic N) is 3. The first-order chi connectivity index (χ1) is 18.8. The summed E-state index contributed by atoms with van der Waals surface area (Å²) in [5.74, 6) is 0.962. The number of fused-ring (bicyclic) bond motifs is 1. The van der Waals surface area contributed by atoms with Crippen molar-refractivity contribution in [2.24, 2.45) is 0 Å². The number of carbonyl (C=O) groups is 1. The minimum absolute atomic E-state index is 0.0562. The van der Waals surface area contributed by atoms with Gasteiger partial charge in [-0.2, -0.15) is 13.2 Å². The number of likely N-dealkylation sites (tertiary alicyclic amines) is 1. The van der Waals surface area contributed by atoms with Crippen LogP contribution in [0.5, 0.6) is 0 Å². The number of pyridine rings is 1. The van der Waals surface area contributed by atoms with E-state index in [4.69, 9.17) is 15.5 Å². The van der Waals surface area contributed by atoms with Gasteiger partial charge in [-0.05, 0) is 48.8 Å². The Bertz CT molecular complexity index is 1490. The molecule has 2 fully saturated rings. The van der Waals surface area contributed by atoms with Crippen molar-refractivity contribution in [2.45, 2.75) is 43.7 Å². The molecule has 2 aliphatic rings. The third-order valence-electron chi connectivity index (χ3n) is 7.72. The topological polar surface area (TPSA) is 97.1 Å². The molecule has 0 saturated carbocycles. The maximum absolute atomic E-state index is 13.9. The molecule has 0 radical (unpaired) electrons. The number of anilines is 1. The highest BCUT2D eigenvalue weighted by atomic mass is 32.1. The molecule has 2 aliphatic heterocycles. The molecule has 3 aromatic heterocycles. The Balaban J connectivity index is 1.22. The second-order valence-corrected chi connectivity index (χ2v) is 11.1. The van der Waals surface area contributed by atoms with Gasteiger partial charge in [-0.25, -0.2) is 9.97 Å². The second kappa shape index (κ2) is 10.3. The first-order valence-corrected chi connectivity index (χ1v) is 13.9. The summed E-state index contributed by atoms with van der Waals surface area (Å²) in [5, 5.41) is 0. The standard InChI is InChI=1S/C28H28F3N5O2S/c29-28(30,31)24-20(17-4-2-1-3-5-17)21(32)23(39-24)27(37)36-12-7-16(8-13-36)19-6-11-33-26-22(19)34-25(35-26)18-9-14-38-15-10-18/h1-6,11,16,18H,7-10,12-15,32H2,(H,33,34,35). The fraction of sp³-hybridized carbons (Fsp3) is 0.393. The number of thiophene rings is 1. The number of nitrogens with one attached hydrogen (secondary N) is 1. The minimum atomic E-state index is -4.62. The van der Waals surface area contributed by atoms with Gasteiger partial charge in [0.1, 0.15) is 21.1 Å². The molecule has 5 heterocycles. The summed E-state index contributed by atoms with van der Waals surface area (Å²) in [7, 11) is 0. The first kappa shape index (κ1) is 25.8. The molecule has 3 N–H and O–H groups in total. The second-order valence-electron chi connectivity index (χ2n) is 10.1. The van der Waals surface area contributed by atoms with Crippen LogP contribution in [0.4, 0.5) is 18.9 Å². The van der Waals surface area contributed by atoms with E-state index in [-0.39, 0.29) is 22.0 Å². The van der Waals surface area contributed by atoms with E-state index in [9.17, 15) is 18.0 Å². The molecule has 7 nitrogen and oxygen atoms in total. The summed E-state index contributed by atoms with van der Waals surface area (Å²) >= 11 is 0.432. The number of aromatic amines is 1. The molecule has 0 atom stereocenters. The van der Waals surface area contributed by atoms with Crippen LogP contribution in [0.15, 0.2) is 42.6 Å². The van der Waals surface area contributed by atoms with Crippen LogP contribution in [0.3, 0.4) is 0 Å².